The van der Waals surface area contributed by atoms with Gasteiger partial charge in [-0.05, 0) is 12.1 Å². The molecule has 106 valence electrons. The largest absolute Gasteiger partial charge is 0.508 e. The second-order valence-electron chi connectivity index (χ2n) is 4.01. The molecule has 1 aromatic rings. The molecule has 0 unspecified atom stereocenters. The smallest absolute Gasteiger partial charge is 0.221 e. The zero-order chi connectivity index (χ0) is 14.1. The number of ether oxygens (including phenoxy) is 1. The molecule has 1 amide bonds. The van der Waals surface area contributed by atoms with Crippen LogP contribution in [-0.4, -0.2) is 37.8 Å². The summed E-state index contributed by atoms with van der Waals surface area (Å²) in [6.07, 6.45) is 0.370. The van der Waals surface area contributed by atoms with Crippen molar-refractivity contribution in [2.75, 3.05) is 26.8 Å². The van der Waals surface area contributed by atoms with Crippen molar-refractivity contribution in [2.45, 2.75) is 13.0 Å². The van der Waals surface area contributed by atoms with Gasteiger partial charge in [-0.2, -0.15) is 0 Å². The van der Waals surface area contributed by atoms with Crippen molar-refractivity contribution in [2.24, 2.45) is 0 Å². The van der Waals surface area contributed by atoms with Crippen molar-refractivity contribution in [1.29, 1.82) is 0 Å². The third-order valence-corrected chi connectivity index (χ3v) is 2.91. The summed E-state index contributed by atoms with van der Waals surface area (Å²) in [5.74, 6) is 0.123. The van der Waals surface area contributed by atoms with Crippen molar-refractivity contribution < 1.29 is 14.6 Å². The van der Waals surface area contributed by atoms with Gasteiger partial charge in [0, 0.05) is 43.8 Å². The average Bonchev–Trinajstić information content (AvgIpc) is 2.37. The summed E-state index contributed by atoms with van der Waals surface area (Å²) in [5.41, 5.74) is 0.643. The number of methoxy groups -OCH3 is 1. The second-order valence-corrected chi connectivity index (χ2v) is 4.41. The molecule has 19 heavy (non-hydrogen) atoms. The Balaban J connectivity index is 2.22. The summed E-state index contributed by atoms with van der Waals surface area (Å²) < 4.78 is 4.83. The molecule has 0 aliphatic rings. The number of nitrogens with one attached hydrogen (secondary N) is 2. The van der Waals surface area contributed by atoms with Crippen LogP contribution in [0.1, 0.15) is 12.0 Å². The van der Waals surface area contributed by atoms with Crippen LogP contribution < -0.4 is 10.6 Å². The van der Waals surface area contributed by atoms with Gasteiger partial charge in [-0.25, -0.2) is 0 Å². The number of carbonyl (C=O) groups is 1. The highest BCUT2D eigenvalue weighted by atomic mass is 35.5. The Kier molecular flexibility index (Phi) is 7.25. The minimum absolute atomic E-state index is 0.0343. The van der Waals surface area contributed by atoms with E-state index in [-0.39, 0.29) is 11.7 Å². The number of hydrogen-bond donors (Lipinski definition) is 3. The molecule has 0 radical (unpaired) electrons. The molecule has 0 aliphatic carbocycles. The molecule has 6 heteroatoms. The van der Waals surface area contributed by atoms with Crippen LogP contribution in [0, 0.1) is 0 Å². The summed E-state index contributed by atoms with van der Waals surface area (Å²) >= 11 is 5.96. The Labute approximate surface area is 117 Å². The van der Waals surface area contributed by atoms with E-state index in [4.69, 9.17) is 16.3 Å². The second kappa shape index (κ2) is 8.74. The summed E-state index contributed by atoms with van der Waals surface area (Å²) in [6, 6.07) is 4.99. The molecular formula is C13H19ClN2O3. The Hall–Kier alpha value is -1.30. The van der Waals surface area contributed by atoms with Gasteiger partial charge < -0.3 is 20.5 Å². The highest BCUT2D eigenvalue weighted by Gasteiger charge is 2.06. The van der Waals surface area contributed by atoms with Crippen LogP contribution in [-0.2, 0) is 16.1 Å². The quantitative estimate of drug-likeness (QED) is 0.630. The maximum Gasteiger partial charge on any atom is 0.221 e. The fourth-order valence-corrected chi connectivity index (χ4v) is 1.75. The van der Waals surface area contributed by atoms with E-state index in [1.54, 1.807) is 25.3 Å². The van der Waals surface area contributed by atoms with Crippen molar-refractivity contribution in [3.63, 3.8) is 0 Å². The van der Waals surface area contributed by atoms with Crippen molar-refractivity contribution in [1.82, 2.24) is 10.6 Å². The number of phenolic OH excluding ortho intramolecular Hbond substituents is 1. The van der Waals surface area contributed by atoms with E-state index in [9.17, 15) is 9.90 Å². The van der Waals surface area contributed by atoms with E-state index in [0.29, 0.717) is 43.2 Å². The Morgan fingerprint density at radius 1 is 1.42 bits per heavy atom. The molecule has 0 aromatic heterocycles. The number of hydrogen-bond acceptors (Lipinski definition) is 4. The van der Waals surface area contributed by atoms with Crippen LogP contribution in [0.3, 0.4) is 0 Å². The molecule has 0 aliphatic heterocycles. The first-order valence-corrected chi connectivity index (χ1v) is 6.45. The number of benzene rings is 1. The molecule has 0 fully saturated rings. The monoisotopic (exact) mass is 286 g/mol. The van der Waals surface area contributed by atoms with Crippen molar-refractivity contribution in [3.8, 4) is 5.75 Å². The normalized spacial score (nSPS) is 10.4. The number of rotatable bonds is 8. The minimum atomic E-state index is -0.0343. The Bertz CT molecular complexity index is 393. The first-order valence-electron chi connectivity index (χ1n) is 6.08. The van der Waals surface area contributed by atoms with Crippen molar-refractivity contribution in [3.05, 3.63) is 28.8 Å². The molecular weight excluding hydrogens is 268 g/mol. The SMILES string of the molecule is COCCNC(=O)CCNCc1c(O)cccc1Cl. The predicted octanol–water partition coefficient (Wildman–Crippen LogP) is 1.29. The van der Waals surface area contributed by atoms with Gasteiger partial charge in [0.25, 0.3) is 0 Å². The fourth-order valence-electron chi connectivity index (χ4n) is 1.52. The number of halogens is 1. The lowest BCUT2D eigenvalue weighted by Crippen LogP contribution is -2.30. The first kappa shape index (κ1) is 15.8. The summed E-state index contributed by atoms with van der Waals surface area (Å²) in [5, 5.41) is 15.9. The number of carbonyl (C=O) groups excluding carboxylic acids is 1. The molecule has 0 spiro atoms. The third-order valence-electron chi connectivity index (χ3n) is 2.55. The maximum absolute atomic E-state index is 11.4. The zero-order valence-corrected chi connectivity index (χ0v) is 11.7. The van der Waals surface area contributed by atoms with Gasteiger partial charge in [0.2, 0.25) is 5.91 Å². The molecule has 0 saturated heterocycles. The van der Waals surface area contributed by atoms with Crippen LogP contribution >= 0.6 is 11.6 Å². The predicted molar refractivity (Wildman–Crippen MR) is 74.3 cm³/mol. The van der Waals surface area contributed by atoms with Gasteiger partial charge in [0.1, 0.15) is 5.75 Å². The lowest BCUT2D eigenvalue weighted by atomic mass is 10.2. The van der Waals surface area contributed by atoms with Crippen LogP contribution in [0.2, 0.25) is 5.02 Å². The summed E-state index contributed by atoms with van der Waals surface area (Å²) in [7, 11) is 1.59. The summed E-state index contributed by atoms with van der Waals surface area (Å²) in [6.45, 7) is 1.97. The number of amides is 1. The molecule has 0 heterocycles. The first-order chi connectivity index (χ1) is 9.15. The van der Waals surface area contributed by atoms with Gasteiger partial charge in [-0.1, -0.05) is 17.7 Å². The highest BCUT2D eigenvalue weighted by molar-refractivity contribution is 6.31. The third kappa shape index (κ3) is 5.92. The van der Waals surface area contributed by atoms with Crippen LogP contribution in [0.5, 0.6) is 5.75 Å². The minimum Gasteiger partial charge on any atom is -0.508 e. The van der Waals surface area contributed by atoms with Gasteiger partial charge >= 0.3 is 0 Å². The maximum atomic E-state index is 11.4. The van der Waals surface area contributed by atoms with Gasteiger partial charge in [0.15, 0.2) is 0 Å². The fraction of sp³-hybridized carbons (Fsp3) is 0.462. The van der Waals surface area contributed by atoms with Crippen molar-refractivity contribution >= 4 is 17.5 Å². The van der Waals surface area contributed by atoms with E-state index in [1.807, 2.05) is 0 Å². The van der Waals surface area contributed by atoms with Crippen LogP contribution in [0.25, 0.3) is 0 Å². The van der Waals surface area contributed by atoms with Crippen LogP contribution in [0.4, 0.5) is 0 Å². The molecule has 0 atom stereocenters. The molecule has 0 bridgehead atoms. The topological polar surface area (TPSA) is 70.6 Å². The Morgan fingerprint density at radius 2 is 2.21 bits per heavy atom. The summed E-state index contributed by atoms with van der Waals surface area (Å²) in [4.78, 5) is 11.4. The van der Waals surface area contributed by atoms with Gasteiger partial charge in [-0.15, -0.1) is 0 Å². The number of aromatic hydroxyl groups is 1. The lowest BCUT2D eigenvalue weighted by Gasteiger charge is -2.09. The molecule has 3 N–H and O–H groups in total. The standard InChI is InChI=1S/C13H19ClN2O3/c1-19-8-7-16-13(18)5-6-15-9-10-11(14)3-2-4-12(10)17/h2-4,15,17H,5-9H2,1H3,(H,16,18). The molecule has 1 aromatic carbocycles. The van der Waals surface area contributed by atoms with E-state index >= 15 is 0 Å². The van der Waals surface area contributed by atoms with E-state index in [1.165, 1.54) is 0 Å². The average molecular weight is 287 g/mol. The van der Waals surface area contributed by atoms with E-state index in [0.717, 1.165) is 0 Å². The molecule has 1 rings (SSSR count). The van der Waals surface area contributed by atoms with Gasteiger partial charge in [0.05, 0.1) is 6.61 Å². The molecule has 0 saturated carbocycles. The molecule has 5 nitrogen and oxygen atoms in total. The van der Waals surface area contributed by atoms with E-state index < -0.39 is 0 Å². The Morgan fingerprint density at radius 3 is 2.89 bits per heavy atom. The zero-order valence-electron chi connectivity index (χ0n) is 10.9. The number of phenols is 1. The highest BCUT2D eigenvalue weighted by Crippen LogP contribution is 2.24. The van der Waals surface area contributed by atoms with E-state index in [2.05, 4.69) is 10.6 Å². The van der Waals surface area contributed by atoms with Gasteiger partial charge in [-0.3, -0.25) is 4.79 Å². The lowest BCUT2D eigenvalue weighted by molar-refractivity contribution is -0.121. The van der Waals surface area contributed by atoms with Crippen LogP contribution in [0.15, 0.2) is 18.2 Å².